The summed E-state index contributed by atoms with van der Waals surface area (Å²) >= 11 is 2.20. The van der Waals surface area contributed by atoms with Crippen molar-refractivity contribution >= 4 is 11.8 Å². The molecule has 3 aliphatic rings. The van der Waals surface area contributed by atoms with Crippen LogP contribution in [0.15, 0.2) is 0 Å². The van der Waals surface area contributed by atoms with Crippen molar-refractivity contribution in [3.8, 4) is 0 Å². The molecule has 3 fully saturated rings. The summed E-state index contributed by atoms with van der Waals surface area (Å²) in [4.78, 5) is 0. The Bertz CT molecular complexity index is 200. The lowest BCUT2D eigenvalue weighted by Crippen LogP contribution is -2.35. The van der Waals surface area contributed by atoms with E-state index in [4.69, 9.17) is 0 Å². The van der Waals surface area contributed by atoms with Gasteiger partial charge >= 0.3 is 0 Å². The lowest BCUT2D eigenvalue weighted by Gasteiger charge is -2.24. The highest BCUT2D eigenvalue weighted by Crippen LogP contribution is 2.51. The zero-order valence-electron chi connectivity index (χ0n) is 8.87. The van der Waals surface area contributed by atoms with Gasteiger partial charge < -0.3 is 5.32 Å². The lowest BCUT2D eigenvalue weighted by molar-refractivity contribution is 0.464. The van der Waals surface area contributed by atoms with E-state index in [-0.39, 0.29) is 0 Å². The van der Waals surface area contributed by atoms with Crippen LogP contribution in [0.5, 0.6) is 0 Å². The topological polar surface area (TPSA) is 12.0 Å². The third-order valence-electron chi connectivity index (χ3n) is 4.22. The molecule has 1 N–H and O–H groups in total. The van der Waals surface area contributed by atoms with E-state index in [1.54, 1.807) is 0 Å². The molecule has 3 rings (SSSR count). The van der Waals surface area contributed by atoms with Crippen molar-refractivity contribution in [2.24, 2.45) is 11.8 Å². The average molecular weight is 211 g/mol. The van der Waals surface area contributed by atoms with Crippen LogP contribution in [0.25, 0.3) is 0 Å². The zero-order valence-corrected chi connectivity index (χ0v) is 9.69. The summed E-state index contributed by atoms with van der Waals surface area (Å²) in [7, 11) is 0. The summed E-state index contributed by atoms with van der Waals surface area (Å²) in [6.45, 7) is 1.29. The summed E-state index contributed by atoms with van der Waals surface area (Å²) < 4.78 is 0. The van der Waals surface area contributed by atoms with Gasteiger partial charge in [0.1, 0.15) is 0 Å². The molecule has 2 aliphatic carbocycles. The normalized spacial score (nSPS) is 46.3. The van der Waals surface area contributed by atoms with E-state index in [0.29, 0.717) is 0 Å². The third-order valence-corrected chi connectivity index (χ3v) is 5.62. The molecule has 1 aliphatic heterocycles. The zero-order chi connectivity index (χ0) is 9.38. The van der Waals surface area contributed by atoms with E-state index in [2.05, 4.69) is 17.1 Å². The highest BCUT2D eigenvalue weighted by Gasteiger charge is 2.47. The van der Waals surface area contributed by atoms with Gasteiger partial charge in [-0.15, -0.1) is 0 Å². The van der Waals surface area contributed by atoms with Gasteiger partial charge in [-0.3, -0.25) is 0 Å². The molecule has 1 saturated heterocycles. The maximum absolute atomic E-state index is 3.82. The van der Waals surface area contributed by atoms with E-state index in [1.807, 2.05) is 0 Å². The van der Waals surface area contributed by atoms with Crippen LogP contribution in [-0.4, -0.2) is 23.6 Å². The summed E-state index contributed by atoms with van der Waals surface area (Å²) in [6.07, 6.45) is 8.90. The number of rotatable bonds is 3. The maximum Gasteiger partial charge on any atom is 0.0172 e. The molecule has 0 aromatic rings. The SMILES string of the molecule is C1CCC(CNC2CCC3CC32)SC1. The van der Waals surface area contributed by atoms with Gasteiger partial charge in [0, 0.05) is 17.8 Å². The fourth-order valence-electron chi connectivity index (χ4n) is 3.21. The van der Waals surface area contributed by atoms with E-state index in [9.17, 15) is 0 Å². The smallest absolute Gasteiger partial charge is 0.0172 e. The molecule has 0 aromatic carbocycles. The predicted octanol–water partition coefficient (Wildman–Crippen LogP) is 2.66. The van der Waals surface area contributed by atoms with Gasteiger partial charge in [-0.2, -0.15) is 11.8 Å². The first-order valence-electron chi connectivity index (χ1n) is 6.28. The van der Waals surface area contributed by atoms with Gasteiger partial charge in [0.25, 0.3) is 0 Å². The summed E-state index contributed by atoms with van der Waals surface area (Å²) in [6, 6.07) is 0.905. The Kier molecular flexibility index (Phi) is 2.76. The van der Waals surface area contributed by atoms with Crippen LogP contribution in [0, 0.1) is 11.8 Å². The van der Waals surface area contributed by atoms with E-state index in [1.165, 1.54) is 50.8 Å². The van der Waals surface area contributed by atoms with Crippen molar-refractivity contribution in [3.63, 3.8) is 0 Å². The number of hydrogen-bond donors (Lipinski definition) is 1. The van der Waals surface area contributed by atoms with Crippen LogP contribution in [-0.2, 0) is 0 Å². The first kappa shape index (κ1) is 9.53. The molecule has 0 aromatic heterocycles. The average Bonchev–Trinajstić information content (AvgIpc) is 2.92. The molecule has 1 heterocycles. The molecule has 0 spiro atoms. The highest BCUT2D eigenvalue weighted by atomic mass is 32.2. The van der Waals surface area contributed by atoms with Crippen molar-refractivity contribution in [3.05, 3.63) is 0 Å². The predicted molar refractivity (Wildman–Crippen MR) is 62.7 cm³/mol. The van der Waals surface area contributed by atoms with Crippen LogP contribution in [0.2, 0.25) is 0 Å². The molecule has 0 bridgehead atoms. The minimum absolute atomic E-state index is 0.905. The second-order valence-electron chi connectivity index (χ2n) is 5.24. The van der Waals surface area contributed by atoms with Crippen molar-refractivity contribution in [1.82, 2.24) is 5.32 Å². The maximum atomic E-state index is 3.82. The second kappa shape index (κ2) is 4.05. The van der Waals surface area contributed by atoms with Gasteiger partial charge in [0.05, 0.1) is 0 Å². The molecule has 1 nitrogen and oxygen atoms in total. The molecule has 2 heteroatoms. The number of hydrogen-bond acceptors (Lipinski definition) is 2. The largest absolute Gasteiger partial charge is 0.313 e. The summed E-state index contributed by atoms with van der Waals surface area (Å²) in [5.41, 5.74) is 0. The molecule has 4 atom stereocenters. The fraction of sp³-hybridized carbons (Fsp3) is 1.00. The molecule has 4 unspecified atom stereocenters. The third kappa shape index (κ3) is 1.96. The first-order valence-corrected chi connectivity index (χ1v) is 7.33. The number of thioether (sulfide) groups is 1. The Morgan fingerprint density at radius 1 is 1.14 bits per heavy atom. The molecule has 14 heavy (non-hydrogen) atoms. The van der Waals surface area contributed by atoms with Gasteiger partial charge in [-0.1, -0.05) is 6.42 Å². The Hall–Kier alpha value is 0.310. The second-order valence-corrected chi connectivity index (χ2v) is 6.65. The van der Waals surface area contributed by atoms with Crippen molar-refractivity contribution in [2.45, 2.75) is 49.8 Å². The van der Waals surface area contributed by atoms with E-state index < -0.39 is 0 Å². The lowest BCUT2D eigenvalue weighted by atomic mass is 10.1. The van der Waals surface area contributed by atoms with Gasteiger partial charge in [-0.05, 0) is 49.7 Å². The van der Waals surface area contributed by atoms with Crippen LogP contribution in [0.3, 0.4) is 0 Å². The molecule has 0 radical (unpaired) electrons. The monoisotopic (exact) mass is 211 g/mol. The first-order chi connectivity index (χ1) is 6.93. The van der Waals surface area contributed by atoms with Crippen LogP contribution in [0.4, 0.5) is 0 Å². The molecular formula is C12H21NS. The molecule has 0 amide bonds. The molecular weight excluding hydrogens is 190 g/mol. The van der Waals surface area contributed by atoms with Crippen LogP contribution >= 0.6 is 11.8 Å². The van der Waals surface area contributed by atoms with Crippen molar-refractivity contribution < 1.29 is 0 Å². The Morgan fingerprint density at radius 3 is 2.79 bits per heavy atom. The summed E-state index contributed by atoms with van der Waals surface area (Å²) in [5.74, 6) is 3.62. The number of fused-ring (bicyclic) bond motifs is 1. The Morgan fingerprint density at radius 2 is 2.14 bits per heavy atom. The standard InChI is InChI=1S/C12H21NS/c1-2-6-14-10(3-1)8-13-12-5-4-9-7-11(9)12/h9-13H,1-8H2. The molecule has 2 saturated carbocycles. The van der Waals surface area contributed by atoms with Crippen molar-refractivity contribution in [2.75, 3.05) is 12.3 Å². The number of nitrogens with one attached hydrogen (secondary N) is 1. The van der Waals surface area contributed by atoms with Gasteiger partial charge in [-0.25, -0.2) is 0 Å². The molecule has 80 valence electrons. The quantitative estimate of drug-likeness (QED) is 0.770. The van der Waals surface area contributed by atoms with Crippen LogP contribution < -0.4 is 5.32 Å². The Balaban J connectivity index is 1.40. The highest BCUT2D eigenvalue weighted by molar-refractivity contribution is 7.99. The minimum atomic E-state index is 0.905. The van der Waals surface area contributed by atoms with E-state index in [0.717, 1.165) is 23.1 Å². The summed E-state index contributed by atoms with van der Waals surface area (Å²) in [5, 5.41) is 4.75. The van der Waals surface area contributed by atoms with Gasteiger partial charge in [0.15, 0.2) is 0 Å². The van der Waals surface area contributed by atoms with Crippen LogP contribution in [0.1, 0.15) is 38.5 Å². The van der Waals surface area contributed by atoms with Gasteiger partial charge in [0.2, 0.25) is 0 Å². The fourth-order valence-corrected chi connectivity index (χ4v) is 4.46. The minimum Gasteiger partial charge on any atom is -0.313 e. The van der Waals surface area contributed by atoms with E-state index >= 15 is 0 Å². The Labute approximate surface area is 91.4 Å². The van der Waals surface area contributed by atoms with Crippen molar-refractivity contribution in [1.29, 1.82) is 0 Å².